The molecule has 5 rings (SSSR count). The fourth-order valence-corrected chi connectivity index (χ4v) is 4.18. The van der Waals surface area contributed by atoms with E-state index in [0.717, 1.165) is 46.8 Å². The highest BCUT2D eigenvalue weighted by atomic mass is 16.7. The molecule has 2 heterocycles. The summed E-state index contributed by atoms with van der Waals surface area (Å²) in [7, 11) is 0. The van der Waals surface area contributed by atoms with Crippen LogP contribution < -0.4 is 20.5 Å². The Morgan fingerprint density at radius 3 is 2.62 bits per heavy atom. The Labute approximate surface area is 170 Å². The van der Waals surface area contributed by atoms with Gasteiger partial charge < -0.3 is 20.5 Å². The Morgan fingerprint density at radius 1 is 1.14 bits per heavy atom. The molecule has 0 saturated heterocycles. The van der Waals surface area contributed by atoms with Crippen LogP contribution in [0.15, 0.2) is 41.4 Å². The molecule has 1 unspecified atom stereocenters. The topological polar surface area (TPSA) is 85.9 Å². The van der Waals surface area contributed by atoms with Crippen molar-refractivity contribution in [3.63, 3.8) is 0 Å². The molecule has 0 aromatic heterocycles. The lowest BCUT2D eigenvalue weighted by Crippen LogP contribution is -2.30. The Balaban J connectivity index is 1.37. The first-order valence-corrected chi connectivity index (χ1v) is 9.98. The van der Waals surface area contributed by atoms with Gasteiger partial charge in [-0.3, -0.25) is 9.79 Å². The molecule has 1 saturated carbocycles. The number of rotatable bonds is 3. The minimum absolute atomic E-state index is 0.000142. The fraction of sp³-hybridized carbons (Fsp3) is 0.391. The number of hydrogen-bond donors (Lipinski definition) is 2. The number of nitrogens with two attached hydrogens (primary N) is 1. The molecule has 3 N–H and O–H groups in total. The van der Waals surface area contributed by atoms with Crippen molar-refractivity contribution in [1.82, 2.24) is 0 Å². The first kappa shape index (κ1) is 18.2. The minimum Gasteiger partial charge on any atom is -0.454 e. The first-order chi connectivity index (χ1) is 13.8. The van der Waals surface area contributed by atoms with Gasteiger partial charge in [-0.15, -0.1) is 0 Å². The summed E-state index contributed by atoms with van der Waals surface area (Å²) in [6.45, 7) is 6.57. The van der Waals surface area contributed by atoms with Gasteiger partial charge in [0, 0.05) is 22.4 Å². The van der Waals surface area contributed by atoms with Crippen LogP contribution in [0.5, 0.6) is 11.5 Å². The molecule has 29 heavy (non-hydrogen) atoms. The molecule has 1 amide bonds. The first-order valence-electron chi connectivity index (χ1n) is 9.98. The molecule has 6 heteroatoms. The number of aliphatic imine (C=N–C) groups is 1. The summed E-state index contributed by atoms with van der Waals surface area (Å²) in [5, 5.41) is 3.10. The molecule has 1 atom stereocenters. The van der Waals surface area contributed by atoms with Gasteiger partial charge in [-0.25, -0.2) is 0 Å². The zero-order chi connectivity index (χ0) is 20.4. The number of carbonyl (C=O) groups is 1. The summed E-state index contributed by atoms with van der Waals surface area (Å²) in [6, 6.07) is 11.3. The third-order valence-corrected chi connectivity index (χ3v) is 6.03. The Kier molecular flexibility index (Phi) is 3.80. The van der Waals surface area contributed by atoms with E-state index in [1.54, 1.807) is 0 Å². The van der Waals surface area contributed by atoms with Crippen molar-refractivity contribution < 1.29 is 14.3 Å². The lowest BCUT2D eigenvalue weighted by Gasteiger charge is -2.22. The maximum Gasteiger partial charge on any atom is 0.235 e. The molecule has 0 bridgehead atoms. The average molecular weight is 391 g/mol. The molecule has 3 aliphatic rings. The van der Waals surface area contributed by atoms with Gasteiger partial charge in [0.15, 0.2) is 11.5 Å². The fourth-order valence-electron chi connectivity index (χ4n) is 4.18. The SMILES string of the molecule is CC(C)(C)C1=Nc2ccc(NC(=O)C3(c4ccc5c(c4)OCO5)CC3)cc2C1N. The Hall–Kier alpha value is -2.86. The van der Waals surface area contributed by atoms with Crippen molar-refractivity contribution in [2.45, 2.75) is 45.1 Å². The maximum absolute atomic E-state index is 13.2. The molecule has 6 nitrogen and oxygen atoms in total. The van der Waals surface area contributed by atoms with Crippen LogP contribution >= 0.6 is 0 Å². The van der Waals surface area contributed by atoms with Crippen LogP contribution in [0.4, 0.5) is 11.4 Å². The van der Waals surface area contributed by atoms with E-state index < -0.39 is 5.41 Å². The van der Waals surface area contributed by atoms with Crippen molar-refractivity contribution in [3.05, 3.63) is 47.5 Å². The molecule has 150 valence electrons. The van der Waals surface area contributed by atoms with Gasteiger partial charge >= 0.3 is 0 Å². The molecular weight excluding hydrogens is 366 g/mol. The maximum atomic E-state index is 13.2. The van der Waals surface area contributed by atoms with Crippen molar-refractivity contribution in [1.29, 1.82) is 0 Å². The lowest BCUT2D eigenvalue weighted by molar-refractivity contribution is -0.118. The van der Waals surface area contributed by atoms with Gasteiger partial charge in [0.1, 0.15) is 0 Å². The van der Waals surface area contributed by atoms with Crippen molar-refractivity contribution in [2.24, 2.45) is 16.1 Å². The predicted octanol–water partition coefficient (Wildman–Crippen LogP) is 4.22. The molecular formula is C23H25N3O3. The van der Waals surface area contributed by atoms with Gasteiger partial charge in [0.05, 0.1) is 17.1 Å². The zero-order valence-corrected chi connectivity index (χ0v) is 16.9. The summed E-state index contributed by atoms with van der Waals surface area (Å²) >= 11 is 0. The lowest BCUT2D eigenvalue weighted by atomic mass is 9.85. The largest absolute Gasteiger partial charge is 0.454 e. The number of ether oxygens (including phenoxy) is 2. The number of anilines is 1. The second-order valence-electron chi connectivity index (χ2n) is 9.10. The van der Waals surface area contributed by atoms with Crippen LogP contribution in [0.1, 0.15) is 50.8 Å². The number of fused-ring (bicyclic) bond motifs is 2. The smallest absolute Gasteiger partial charge is 0.235 e. The van der Waals surface area contributed by atoms with Crippen LogP contribution in [0.25, 0.3) is 0 Å². The summed E-state index contributed by atoms with van der Waals surface area (Å²) in [6.07, 6.45) is 1.64. The summed E-state index contributed by atoms with van der Waals surface area (Å²) in [5.41, 5.74) is 10.4. The number of benzene rings is 2. The molecule has 0 spiro atoms. The predicted molar refractivity (Wildman–Crippen MR) is 112 cm³/mol. The van der Waals surface area contributed by atoms with Crippen LogP contribution in [0.2, 0.25) is 0 Å². The van der Waals surface area contributed by atoms with E-state index in [0.29, 0.717) is 5.75 Å². The quantitative estimate of drug-likeness (QED) is 0.820. The normalized spacial score (nSPS) is 20.8. The second kappa shape index (κ2) is 6.07. The minimum atomic E-state index is -0.505. The van der Waals surface area contributed by atoms with Gasteiger partial charge in [-0.2, -0.15) is 0 Å². The van der Waals surface area contributed by atoms with Crippen LogP contribution in [0.3, 0.4) is 0 Å². The number of hydrogen-bond acceptors (Lipinski definition) is 5. The van der Waals surface area contributed by atoms with E-state index in [-0.39, 0.29) is 24.2 Å². The van der Waals surface area contributed by atoms with E-state index in [9.17, 15) is 4.79 Å². The summed E-state index contributed by atoms with van der Waals surface area (Å²) in [4.78, 5) is 17.9. The highest BCUT2D eigenvalue weighted by Gasteiger charge is 2.51. The van der Waals surface area contributed by atoms with Gasteiger partial charge in [-0.05, 0) is 48.7 Å². The van der Waals surface area contributed by atoms with Crippen molar-refractivity contribution >= 4 is 23.0 Å². The van der Waals surface area contributed by atoms with E-state index in [1.165, 1.54) is 0 Å². The standard InChI is InChI=1S/C23H25N3O3/c1-22(2,3)20-19(24)15-11-14(5-6-16(15)26-20)25-21(27)23(8-9-23)13-4-7-17-18(10-13)29-12-28-17/h4-7,10-11,19H,8-9,12,24H2,1-3H3,(H,25,27). The molecule has 2 aromatic carbocycles. The third-order valence-electron chi connectivity index (χ3n) is 6.03. The van der Waals surface area contributed by atoms with E-state index in [1.807, 2.05) is 36.4 Å². The molecule has 1 aliphatic carbocycles. The monoisotopic (exact) mass is 391 g/mol. The van der Waals surface area contributed by atoms with E-state index in [2.05, 4.69) is 26.1 Å². The highest BCUT2D eigenvalue weighted by molar-refractivity contribution is 6.04. The van der Waals surface area contributed by atoms with E-state index in [4.69, 9.17) is 20.2 Å². The second-order valence-corrected chi connectivity index (χ2v) is 9.10. The molecule has 1 fully saturated rings. The number of amides is 1. The number of nitrogens with zero attached hydrogens (tertiary/aromatic N) is 1. The Bertz CT molecular complexity index is 1050. The number of nitrogens with one attached hydrogen (secondary N) is 1. The van der Waals surface area contributed by atoms with Crippen LogP contribution in [-0.2, 0) is 10.2 Å². The van der Waals surface area contributed by atoms with Crippen LogP contribution in [-0.4, -0.2) is 18.4 Å². The molecule has 0 radical (unpaired) electrons. The molecule has 2 aromatic rings. The van der Waals surface area contributed by atoms with Gasteiger partial charge in [-0.1, -0.05) is 26.8 Å². The summed E-state index contributed by atoms with van der Waals surface area (Å²) in [5.74, 6) is 1.43. The van der Waals surface area contributed by atoms with Crippen LogP contribution in [0, 0.1) is 5.41 Å². The van der Waals surface area contributed by atoms with Crippen molar-refractivity contribution in [2.75, 3.05) is 12.1 Å². The van der Waals surface area contributed by atoms with E-state index >= 15 is 0 Å². The summed E-state index contributed by atoms with van der Waals surface area (Å²) < 4.78 is 10.9. The number of carbonyl (C=O) groups excluding carboxylic acids is 1. The van der Waals surface area contributed by atoms with Crippen molar-refractivity contribution in [3.8, 4) is 11.5 Å². The van der Waals surface area contributed by atoms with Gasteiger partial charge in [0.25, 0.3) is 0 Å². The zero-order valence-electron chi connectivity index (χ0n) is 16.9. The Morgan fingerprint density at radius 2 is 1.90 bits per heavy atom. The third kappa shape index (κ3) is 2.90. The molecule has 2 aliphatic heterocycles. The highest BCUT2D eigenvalue weighted by Crippen LogP contribution is 2.51. The van der Waals surface area contributed by atoms with Gasteiger partial charge in [0.2, 0.25) is 12.7 Å². The average Bonchev–Trinajstić information content (AvgIpc) is 3.24.